The molecule has 0 saturated heterocycles. The third-order valence-electron chi connectivity index (χ3n) is 2.16. The quantitative estimate of drug-likeness (QED) is 0.758. The second-order valence-corrected chi connectivity index (χ2v) is 3.86. The summed E-state index contributed by atoms with van der Waals surface area (Å²) in [7, 11) is 0. The Morgan fingerprint density at radius 1 is 1.57 bits per heavy atom. The highest BCUT2D eigenvalue weighted by molar-refractivity contribution is 9.10. The molecule has 0 saturated carbocycles. The fourth-order valence-electron chi connectivity index (χ4n) is 1.46. The van der Waals surface area contributed by atoms with Crippen molar-refractivity contribution in [2.24, 2.45) is 5.73 Å². The molecule has 1 atom stereocenters. The topological polar surface area (TPSA) is 74.9 Å². The highest BCUT2D eigenvalue weighted by atomic mass is 79.9. The lowest BCUT2D eigenvalue weighted by Crippen LogP contribution is -2.14. The molecule has 1 aromatic carbocycles. The maximum absolute atomic E-state index is 9.01. The number of benzene rings is 1. The molecule has 1 heterocycles. The van der Waals surface area contributed by atoms with E-state index in [0.717, 1.165) is 21.1 Å². The van der Waals surface area contributed by atoms with Crippen LogP contribution in [0.3, 0.4) is 0 Å². The van der Waals surface area contributed by atoms with Crippen LogP contribution in [-0.2, 0) is 0 Å². The standard InChI is InChI=1S/C9H10BrN3O/c10-9-8-5(6(11)4-14)2-1-3-7(8)12-13-9/h1-3,6,14H,4,11H2,(H,12,13). The zero-order valence-corrected chi connectivity index (χ0v) is 8.95. The predicted molar refractivity (Wildman–Crippen MR) is 57.8 cm³/mol. The molecule has 14 heavy (non-hydrogen) atoms. The summed E-state index contributed by atoms with van der Waals surface area (Å²) in [6.07, 6.45) is 0. The van der Waals surface area contributed by atoms with E-state index in [1.165, 1.54) is 0 Å². The maximum atomic E-state index is 9.01. The van der Waals surface area contributed by atoms with Crippen molar-refractivity contribution in [1.29, 1.82) is 0 Å². The highest BCUT2D eigenvalue weighted by Gasteiger charge is 2.12. The summed E-state index contributed by atoms with van der Waals surface area (Å²) >= 11 is 3.36. The average molecular weight is 256 g/mol. The number of hydrogen-bond acceptors (Lipinski definition) is 3. The van der Waals surface area contributed by atoms with E-state index >= 15 is 0 Å². The van der Waals surface area contributed by atoms with E-state index < -0.39 is 0 Å². The fourth-order valence-corrected chi connectivity index (χ4v) is 1.98. The van der Waals surface area contributed by atoms with Gasteiger partial charge in [0.15, 0.2) is 0 Å². The smallest absolute Gasteiger partial charge is 0.109 e. The van der Waals surface area contributed by atoms with Gasteiger partial charge in [-0.25, -0.2) is 0 Å². The predicted octanol–water partition coefficient (Wildman–Crippen LogP) is 1.32. The van der Waals surface area contributed by atoms with Crippen LogP contribution in [0.15, 0.2) is 22.8 Å². The Morgan fingerprint density at radius 2 is 2.36 bits per heavy atom. The van der Waals surface area contributed by atoms with Crippen molar-refractivity contribution in [3.05, 3.63) is 28.4 Å². The Balaban J connectivity index is 2.69. The number of nitrogens with zero attached hydrogens (tertiary/aromatic N) is 1. The van der Waals surface area contributed by atoms with Crippen LogP contribution in [0.1, 0.15) is 11.6 Å². The number of hydrogen-bond donors (Lipinski definition) is 3. The van der Waals surface area contributed by atoms with Gasteiger partial charge in [-0.15, -0.1) is 0 Å². The van der Waals surface area contributed by atoms with Crippen LogP contribution >= 0.6 is 15.9 Å². The molecular formula is C9H10BrN3O. The molecule has 4 nitrogen and oxygen atoms in total. The summed E-state index contributed by atoms with van der Waals surface area (Å²) < 4.78 is 0.798. The number of rotatable bonds is 2. The first-order valence-corrected chi connectivity index (χ1v) is 5.02. The number of H-pyrrole nitrogens is 1. The lowest BCUT2D eigenvalue weighted by atomic mass is 10.0. The van der Waals surface area contributed by atoms with E-state index in [0.29, 0.717) is 0 Å². The molecule has 2 aromatic rings. The van der Waals surface area contributed by atoms with Crippen molar-refractivity contribution in [3.63, 3.8) is 0 Å². The van der Waals surface area contributed by atoms with Gasteiger partial charge < -0.3 is 10.8 Å². The Bertz CT molecular complexity index is 454. The molecule has 0 radical (unpaired) electrons. The first kappa shape index (κ1) is 9.64. The van der Waals surface area contributed by atoms with Gasteiger partial charge in [0.2, 0.25) is 0 Å². The van der Waals surface area contributed by atoms with Gasteiger partial charge in [-0.3, -0.25) is 5.10 Å². The Kier molecular flexibility index (Phi) is 2.54. The number of nitrogens with one attached hydrogen (secondary N) is 1. The molecule has 1 unspecified atom stereocenters. The molecule has 0 amide bonds. The molecule has 0 fully saturated rings. The summed E-state index contributed by atoms with van der Waals surface area (Å²) in [6, 6.07) is 5.29. The molecule has 2 rings (SSSR count). The van der Waals surface area contributed by atoms with Gasteiger partial charge in [-0.05, 0) is 27.6 Å². The molecule has 0 aliphatic carbocycles. The monoisotopic (exact) mass is 255 g/mol. The van der Waals surface area contributed by atoms with Crippen molar-refractivity contribution >= 4 is 26.8 Å². The van der Waals surface area contributed by atoms with Crippen LogP contribution in [-0.4, -0.2) is 21.9 Å². The molecule has 0 aliphatic rings. The zero-order chi connectivity index (χ0) is 10.1. The van der Waals surface area contributed by atoms with Crippen LogP contribution in [0.4, 0.5) is 0 Å². The highest BCUT2D eigenvalue weighted by Crippen LogP contribution is 2.27. The normalized spacial score (nSPS) is 13.4. The molecule has 0 spiro atoms. The molecule has 4 N–H and O–H groups in total. The van der Waals surface area contributed by atoms with Crippen molar-refractivity contribution in [3.8, 4) is 0 Å². The number of aliphatic hydroxyl groups is 1. The van der Waals surface area contributed by atoms with Gasteiger partial charge in [0, 0.05) is 5.39 Å². The summed E-state index contributed by atoms with van der Waals surface area (Å²) in [6.45, 7) is -0.0727. The third kappa shape index (κ3) is 1.43. The summed E-state index contributed by atoms with van der Waals surface area (Å²) in [5, 5.41) is 16.9. The van der Waals surface area contributed by atoms with Crippen molar-refractivity contribution in [2.75, 3.05) is 6.61 Å². The first-order valence-electron chi connectivity index (χ1n) is 4.23. The third-order valence-corrected chi connectivity index (χ3v) is 2.74. The Morgan fingerprint density at radius 3 is 3.07 bits per heavy atom. The van der Waals surface area contributed by atoms with Gasteiger partial charge in [0.05, 0.1) is 18.2 Å². The number of aliphatic hydroxyl groups excluding tert-OH is 1. The van der Waals surface area contributed by atoms with Crippen LogP contribution in [0, 0.1) is 0 Å². The summed E-state index contributed by atoms with van der Waals surface area (Å²) in [5.74, 6) is 0. The van der Waals surface area contributed by atoms with Crippen LogP contribution < -0.4 is 5.73 Å². The lowest BCUT2D eigenvalue weighted by Gasteiger charge is -2.09. The van der Waals surface area contributed by atoms with E-state index in [1.807, 2.05) is 18.2 Å². The van der Waals surface area contributed by atoms with Crippen LogP contribution in [0.2, 0.25) is 0 Å². The largest absolute Gasteiger partial charge is 0.394 e. The molecular weight excluding hydrogens is 246 g/mol. The number of halogens is 1. The minimum Gasteiger partial charge on any atom is -0.394 e. The number of aromatic nitrogens is 2. The average Bonchev–Trinajstić information content (AvgIpc) is 2.59. The van der Waals surface area contributed by atoms with Gasteiger partial charge in [0.25, 0.3) is 0 Å². The molecule has 74 valence electrons. The second kappa shape index (κ2) is 3.68. The van der Waals surface area contributed by atoms with E-state index in [2.05, 4.69) is 26.1 Å². The minimum atomic E-state index is -0.368. The maximum Gasteiger partial charge on any atom is 0.109 e. The van der Waals surface area contributed by atoms with E-state index in [9.17, 15) is 0 Å². The number of fused-ring (bicyclic) bond motifs is 1. The summed E-state index contributed by atoms with van der Waals surface area (Å²) in [5.41, 5.74) is 7.52. The van der Waals surface area contributed by atoms with E-state index in [4.69, 9.17) is 10.8 Å². The number of nitrogens with two attached hydrogens (primary N) is 1. The van der Waals surface area contributed by atoms with Gasteiger partial charge in [0.1, 0.15) is 4.60 Å². The van der Waals surface area contributed by atoms with Gasteiger partial charge in [-0.2, -0.15) is 5.10 Å². The van der Waals surface area contributed by atoms with E-state index in [1.54, 1.807) is 0 Å². The van der Waals surface area contributed by atoms with Crippen molar-refractivity contribution in [1.82, 2.24) is 10.2 Å². The Labute approximate surface area is 89.2 Å². The number of aromatic amines is 1. The lowest BCUT2D eigenvalue weighted by molar-refractivity contribution is 0.268. The first-order chi connectivity index (χ1) is 6.74. The fraction of sp³-hybridized carbons (Fsp3) is 0.222. The second-order valence-electron chi connectivity index (χ2n) is 3.07. The molecule has 5 heteroatoms. The Hall–Kier alpha value is -0.910. The zero-order valence-electron chi connectivity index (χ0n) is 7.37. The SMILES string of the molecule is NC(CO)c1cccc2n[nH]c(Br)c12. The van der Waals surface area contributed by atoms with Crippen LogP contribution in [0.25, 0.3) is 10.9 Å². The molecule has 0 aliphatic heterocycles. The molecule has 0 bridgehead atoms. The van der Waals surface area contributed by atoms with Crippen molar-refractivity contribution in [2.45, 2.75) is 6.04 Å². The van der Waals surface area contributed by atoms with Crippen molar-refractivity contribution < 1.29 is 5.11 Å². The van der Waals surface area contributed by atoms with Crippen LogP contribution in [0.5, 0.6) is 0 Å². The van der Waals surface area contributed by atoms with E-state index in [-0.39, 0.29) is 12.6 Å². The van der Waals surface area contributed by atoms with Gasteiger partial charge in [-0.1, -0.05) is 12.1 Å². The minimum absolute atomic E-state index is 0.0727. The summed E-state index contributed by atoms with van der Waals surface area (Å²) in [4.78, 5) is 0. The van der Waals surface area contributed by atoms with Gasteiger partial charge >= 0.3 is 0 Å². The molecule has 1 aromatic heterocycles.